The minimum Gasteiger partial charge on any atom is -0.354 e. The Morgan fingerprint density at radius 3 is 2.65 bits per heavy atom. The van der Waals surface area contributed by atoms with Crippen molar-refractivity contribution in [2.45, 2.75) is 0 Å². The average molecular weight is 261 g/mol. The number of fused-ring (bicyclic) bond motifs is 2. The largest absolute Gasteiger partial charge is 0.354 e. The summed E-state index contributed by atoms with van der Waals surface area (Å²) in [6.07, 6.45) is 3.54. The van der Waals surface area contributed by atoms with Gasteiger partial charge in [-0.3, -0.25) is 4.79 Å². The zero-order chi connectivity index (χ0) is 13.5. The first kappa shape index (κ1) is 11.0. The number of aromatic nitrogens is 3. The van der Waals surface area contributed by atoms with Crippen molar-refractivity contribution in [2.24, 2.45) is 0 Å². The van der Waals surface area contributed by atoms with Crippen LogP contribution < -0.4 is 5.43 Å². The topological polar surface area (TPSA) is 50.7 Å². The summed E-state index contributed by atoms with van der Waals surface area (Å²) in [5.41, 5.74) is 2.49. The van der Waals surface area contributed by atoms with E-state index in [1.54, 1.807) is 10.9 Å². The first-order valence-electron chi connectivity index (χ1n) is 6.38. The van der Waals surface area contributed by atoms with Crippen molar-refractivity contribution in [2.75, 3.05) is 0 Å². The van der Waals surface area contributed by atoms with Crippen LogP contribution >= 0.6 is 0 Å². The molecule has 0 saturated carbocycles. The first-order valence-corrected chi connectivity index (χ1v) is 6.38. The van der Waals surface area contributed by atoms with Crippen LogP contribution in [-0.4, -0.2) is 14.8 Å². The molecular weight excluding hydrogens is 250 g/mol. The highest BCUT2D eigenvalue weighted by Gasteiger charge is 2.10. The molecule has 0 bridgehead atoms. The van der Waals surface area contributed by atoms with Crippen LogP contribution in [0.15, 0.2) is 65.7 Å². The lowest BCUT2D eigenvalue weighted by atomic mass is 10.1. The fourth-order valence-electron chi connectivity index (χ4n) is 2.56. The minimum atomic E-state index is 0.0282. The molecule has 2 aromatic heterocycles. The van der Waals surface area contributed by atoms with E-state index in [-0.39, 0.29) is 5.43 Å². The van der Waals surface area contributed by atoms with Gasteiger partial charge in [0.25, 0.3) is 0 Å². The van der Waals surface area contributed by atoms with E-state index < -0.39 is 0 Å². The van der Waals surface area contributed by atoms with Crippen molar-refractivity contribution in [3.63, 3.8) is 0 Å². The second-order valence-corrected chi connectivity index (χ2v) is 4.65. The van der Waals surface area contributed by atoms with E-state index in [0.717, 1.165) is 16.7 Å². The first-order chi connectivity index (χ1) is 9.84. The second kappa shape index (κ2) is 4.06. The summed E-state index contributed by atoms with van der Waals surface area (Å²) < 4.78 is 1.71. The van der Waals surface area contributed by atoms with Crippen LogP contribution in [-0.2, 0) is 0 Å². The van der Waals surface area contributed by atoms with Crippen molar-refractivity contribution < 1.29 is 0 Å². The van der Waals surface area contributed by atoms with Gasteiger partial charge in [-0.05, 0) is 30.3 Å². The van der Waals surface area contributed by atoms with Crippen molar-refractivity contribution in [1.29, 1.82) is 0 Å². The standard InChI is InChI=1S/C16H11N3O/c20-16-11-5-1-2-6-12(11)18-13-7-3-8-14(15(13)16)19-10-4-9-17-19/h1-10H,(H,18,20). The monoisotopic (exact) mass is 261 g/mol. The third-order valence-corrected chi connectivity index (χ3v) is 3.46. The average Bonchev–Trinajstić information content (AvgIpc) is 3.01. The van der Waals surface area contributed by atoms with Crippen LogP contribution in [0.4, 0.5) is 0 Å². The number of benzene rings is 2. The van der Waals surface area contributed by atoms with E-state index in [4.69, 9.17) is 0 Å². The number of para-hydroxylation sites is 1. The van der Waals surface area contributed by atoms with Gasteiger partial charge >= 0.3 is 0 Å². The lowest BCUT2D eigenvalue weighted by molar-refractivity contribution is 0.887. The number of aromatic amines is 1. The Morgan fingerprint density at radius 1 is 0.950 bits per heavy atom. The third kappa shape index (κ3) is 1.48. The van der Waals surface area contributed by atoms with Gasteiger partial charge in [0.05, 0.1) is 16.6 Å². The fraction of sp³-hybridized carbons (Fsp3) is 0. The predicted octanol–water partition coefficient (Wildman–Crippen LogP) is 2.87. The zero-order valence-electron chi connectivity index (χ0n) is 10.6. The summed E-state index contributed by atoms with van der Waals surface area (Å²) in [6.45, 7) is 0. The molecule has 1 N–H and O–H groups in total. The molecule has 0 aliphatic heterocycles. The highest BCUT2D eigenvalue weighted by Crippen LogP contribution is 2.20. The normalized spacial score (nSPS) is 11.2. The lowest BCUT2D eigenvalue weighted by Crippen LogP contribution is -2.08. The van der Waals surface area contributed by atoms with Gasteiger partial charge in [-0.15, -0.1) is 0 Å². The van der Waals surface area contributed by atoms with Crippen LogP contribution in [0.25, 0.3) is 27.5 Å². The quantitative estimate of drug-likeness (QED) is 0.536. The fourth-order valence-corrected chi connectivity index (χ4v) is 2.56. The Hall–Kier alpha value is -2.88. The van der Waals surface area contributed by atoms with Crippen LogP contribution in [0, 0.1) is 0 Å². The van der Waals surface area contributed by atoms with E-state index in [1.807, 2.05) is 54.7 Å². The van der Waals surface area contributed by atoms with Crippen molar-refractivity contribution in [3.05, 3.63) is 71.1 Å². The summed E-state index contributed by atoms with van der Waals surface area (Å²) in [5.74, 6) is 0. The van der Waals surface area contributed by atoms with Crippen molar-refractivity contribution in [3.8, 4) is 5.69 Å². The molecule has 2 heterocycles. The zero-order valence-corrected chi connectivity index (χ0v) is 10.6. The van der Waals surface area contributed by atoms with Gasteiger partial charge in [0.15, 0.2) is 5.43 Å². The SMILES string of the molecule is O=c1c2ccccc2[nH]c2cccc(-n3cccn3)c12. The Bertz CT molecular complexity index is 968. The van der Waals surface area contributed by atoms with Crippen LogP contribution in [0.3, 0.4) is 0 Å². The highest BCUT2D eigenvalue weighted by molar-refractivity contribution is 5.96. The number of nitrogens with zero attached hydrogens (tertiary/aromatic N) is 2. The summed E-state index contributed by atoms with van der Waals surface area (Å²) in [4.78, 5) is 16.1. The summed E-state index contributed by atoms with van der Waals surface area (Å²) >= 11 is 0. The van der Waals surface area contributed by atoms with Gasteiger partial charge in [0.2, 0.25) is 0 Å². The molecule has 0 amide bonds. The molecule has 96 valence electrons. The molecule has 4 aromatic rings. The van der Waals surface area contributed by atoms with Gasteiger partial charge in [-0.25, -0.2) is 4.68 Å². The second-order valence-electron chi connectivity index (χ2n) is 4.65. The number of hydrogen-bond acceptors (Lipinski definition) is 2. The summed E-state index contributed by atoms with van der Waals surface area (Å²) in [5, 5.41) is 5.58. The van der Waals surface area contributed by atoms with Crippen LogP contribution in [0.2, 0.25) is 0 Å². The van der Waals surface area contributed by atoms with E-state index in [9.17, 15) is 4.79 Å². The summed E-state index contributed by atoms with van der Waals surface area (Å²) in [6, 6.07) is 15.1. The van der Waals surface area contributed by atoms with E-state index >= 15 is 0 Å². The Balaban J connectivity index is 2.23. The Kier molecular flexibility index (Phi) is 2.23. The van der Waals surface area contributed by atoms with Gasteiger partial charge in [-0.1, -0.05) is 18.2 Å². The number of rotatable bonds is 1. The molecule has 4 rings (SSSR count). The van der Waals surface area contributed by atoms with Gasteiger partial charge in [0, 0.05) is 23.3 Å². The van der Waals surface area contributed by atoms with Gasteiger partial charge in [-0.2, -0.15) is 5.10 Å². The smallest absolute Gasteiger partial charge is 0.199 e. The third-order valence-electron chi connectivity index (χ3n) is 3.46. The molecule has 4 heteroatoms. The number of H-pyrrole nitrogens is 1. The maximum atomic E-state index is 12.7. The predicted molar refractivity (Wildman–Crippen MR) is 79.2 cm³/mol. The molecule has 20 heavy (non-hydrogen) atoms. The van der Waals surface area contributed by atoms with Crippen molar-refractivity contribution >= 4 is 21.8 Å². The number of pyridine rings is 1. The molecule has 0 aliphatic carbocycles. The lowest BCUT2D eigenvalue weighted by Gasteiger charge is -2.07. The molecule has 0 spiro atoms. The highest BCUT2D eigenvalue weighted by atomic mass is 16.1. The Labute approximate surface area is 114 Å². The number of nitrogens with one attached hydrogen (secondary N) is 1. The Morgan fingerprint density at radius 2 is 1.80 bits per heavy atom. The maximum Gasteiger partial charge on any atom is 0.199 e. The molecule has 0 fully saturated rings. The van der Waals surface area contributed by atoms with Gasteiger partial charge in [0.1, 0.15) is 0 Å². The molecule has 0 aliphatic rings. The van der Waals surface area contributed by atoms with Crippen molar-refractivity contribution in [1.82, 2.24) is 14.8 Å². The van der Waals surface area contributed by atoms with Gasteiger partial charge < -0.3 is 4.98 Å². The van der Waals surface area contributed by atoms with E-state index in [0.29, 0.717) is 10.8 Å². The van der Waals surface area contributed by atoms with Crippen LogP contribution in [0.1, 0.15) is 0 Å². The number of hydrogen-bond donors (Lipinski definition) is 1. The molecule has 4 nitrogen and oxygen atoms in total. The minimum absolute atomic E-state index is 0.0282. The molecule has 2 aromatic carbocycles. The molecule has 0 atom stereocenters. The molecule has 0 saturated heterocycles. The van der Waals surface area contributed by atoms with Crippen LogP contribution in [0.5, 0.6) is 0 Å². The maximum absolute atomic E-state index is 12.7. The van der Waals surface area contributed by atoms with E-state index in [2.05, 4.69) is 10.1 Å². The molecular formula is C16H11N3O. The van der Waals surface area contributed by atoms with E-state index in [1.165, 1.54) is 0 Å². The summed E-state index contributed by atoms with van der Waals surface area (Å²) in [7, 11) is 0. The molecule has 0 unspecified atom stereocenters. The molecule has 0 radical (unpaired) electrons.